The fourth-order valence-corrected chi connectivity index (χ4v) is 2.21. The van der Waals surface area contributed by atoms with Crippen molar-refractivity contribution < 1.29 is 4.74 Å². The molecule has 0 fully saturated rings. The molecule has 2 aromatic rings. The predicted octanol–water partition coefficient (Wildman–Crippen LogP) is 4.40. The Morgan fingerprint density at radius 2 is 1.93 bits per heavy atom. The van der Waals surface area contributed by atoms with E-state index in [9.17, 15) is 0 Å². The molecule has 15 heavy (non-hydrogen) atoms. The molecule has 0 aliphatic rings. The molecule has 2 nitrogen and oxygen atoms in total. The summed E-state index contributed by atoms with van der Waals surface area (Å²) in [5.41, 5.74) is 0. The Kier molecular flexibility index (Phi) is 3.38. The van der Waals surface area contributed by atoms with Gasteiger partial charge in [0.15, 0.2) is 0 Å². The van der Waals surface area contributed by atoms with Crippen LogP contribution in [-0.2, 0) is 0 Å². The van der Waals surface area contributed by atoms with E-state index in [2.05, 4.69) is 36.8 Å². The first-order chi connectivity index (χ1) is 7.25. The lowest BCUT2D eigenvalue weighted by atomic mass is 10.3. The number of nitrogens with zero attached hydrogens (tertiary/aromatic N) is 1. The summed E-state index contributed by atoms with van der Waals surface area (Å²) in [5.74, 6) is 1.33. The maximum Gasteiger partial charge on any atom is 0.219 e. The number of rotatable bonds is 2. The molecule has 4 heteroatoms. The van der Waals surface area contributed by atoms with E-state index < -0.39 is 0 Å². The first kappa shape index (κ1) is 10.6. The van der Waals surface area contributed by atoms with Crippen LogP contribution in [0.1, 0.15) is 0 Å². The van der Waals surface area contributed by atoms with E-state index in [-0.39, 0.29) is 0 Å². The summed E-state index contributed by atoms with van der Waals surface area (Å²) >= 11 is 6.80. The van der Waals surface area contributed by atoms with Gasteiger partial charge in [0.05, 0.1) is 4.47 Å². The minimum atomic E-state index is 0.584. The summed E-state index contributed by atoms with van der Waals surface area (Å²) in [4.78, 5) is 4.08. The quantitative estimate of drug-likeness (QED) is 0.815. The molecule has 76 valence electrons. The van der Waals surface area contributed by atoms with Crippen LogP contribution >= 0.6 is 31.9 Å². The fraction of sp³-hybridized carbons (Fsp3) is 0. The zero-order valence-electron chi connectivity index (χ0n) is 7.65. The first-order valence-electron chi connectivity index (χ1n) is 4.29. The highest BCUT2D eigenvalue weighted by molar-refractivity contribution is 9.11. The summed E-state index contributed by atoms with van der Waals surface area (Å²) in [6.45, 7) is 0. The monoisotopic (exact) mass is 327 g/mol. The number of pyridine rings is 1. The van der Waals surface area contributed by atoms with Crippen LogP contribution in [0.2, 0.25) is 0 Å². The van der Waals surface area contributed by atoms with Crippen LogP contribution in [0.5, 0.6) is 11.6 Å². The summed E-state index contributed by atoms with van der Waals surface area (Å²) in [5, 5.41) is 0. The Hall–Kier alpha value is -0.870. The molecular weight excluding hydrogens is 322 g/mol. The van der Waals surface area contributed by atoms with Crippen LogP contribution in [0.25, 0.3) is 0 Å². The van der Waals surface area contributed by atoms with Crippen LogP contribution in [0, 0.1) is 0 Å². The van der Waals surface area contributed by atoms with E-state index in [1.54, 1.807) is 6.20 Å². The van der Waals surface area contributed by atoms with E-state index in [1.807, 2.05) is 36.4 Å². The van der Waals surface area contributed by atoms with Crippen molar-refractivity contribution in [1.29, 1.82) is 0 Å². The van der Waals surface area contributed by atoms with Gasteiger partial charge in [0.2, 0.25) is 5.88 Å². The van der Waals surface area contributed by atoms with Crippen molar-refractivity contribution in [1.82, 2.24) is 4.98 Å². The summed E-state index contributed by atoms with van der Waals surface area (Å²) in [6, 6.07) is 11.3. The molecule has 0 amide bonds. The third-order valence-corrected chi connectivity index (χ3v) is 2.86. The number of halogens is 2. The van der Waals surface area contributed by atoms with Crippen molar-refractivity contribution in [3.05, 3.63) is 51.5 Å². The topological polar surface area (TPSA) is 22.1 Å². The van der Waals surface area contributed by atoms with Crippen molar-refractivity contribution in [2.75, 3.05) is 0 Å². The second-order valence-corrected chi connectivity index (χ2v) is 4.61. The Morgan fingerprint density at radius 3 is 2.60 bits per heavy atom. The number of hydrogen-bond donors (Lipinski definition) is 0. The van der Waals surface area contributed by atoms with E-state index in [0.29, 0.717) is 5.88 Å². The molecule has 0 radical (unpaired) electrons. The molecule has 1 aromatic carbocycles. The average Bonchev–Trinajstić information content (AvgIpc) is 2.24. The van der Waals surface area contributed by atoms with Crippen molar-refractivity contribution >= 4 is 31.9 Å². The molecule has 0 aliphatic heterocycles. The van der Waals surface area contributed by atoms with Gasteiger partial charge in [0, 0.05) is 16.7 Å². The smallest absolute Gasteiger partial charge is 0.219 e. The lowest BCUT2D eigenvalue weighted by Gasteiger charge is -2.06. The van der Waals surface area contributed by atoms with Gasteiger partial charge in [-0.3, -0.25) is 0 Å². The van der Waals surface area contributed by atoms with Crippen molar-refractivity contribution in [3.63, 3.8) is 0 Å². The largest absolute Gasteiger partial charge is 0.438 e. The average molecular weight is 329 g/mol. The SMILES string of the molecule is Brc1ccc(Oc2ccccn2)c(Br)c1. The fourth-order valence-electron chi connectivity index (χ4n) is 1.08. The minimum Gasteiger partial charge on any atom is -0.438 e. The molecule has 0 saturated carbocycles. The summed E-state index contributed by atoms with van der Waals surface area (Å²) < 4.78 is 7.48. The zero-order valence-corrected chi connectivity index (χ0v) is 10.8. The lowest BCUT2D eigenvalue weighted by molar-refractivity contribution is 0.460. The maximum atomic E-state index is 5.59. The van der Waals surface area contributed by atoms with Crippen LogP contribution < -0.4 is 4.74 Å². The van der Waals surface area contributed by atoms with Crippen LogP contribution in [0.15, 0.2) is 51.5 Å². The standard InChI is InChI=1S/C11H7Br2NO/c12-8-4-5-10(9(13)7-8)15-11-3-1-2-6-14-11/h1-7H. The minimum absolute atomic E-state index is 0.584. The number of aromatic nitrogens is 1. The van der Waals surface area contributed by atoms with E-state index >= 15 is 0 Å². The number of hydrogen-bond acceptors (Lipinski definition) is 2. The van der Waals surface area contributed by atoms with Crippen LogP contribution in [-0.4, -0.2) is 4.98 Å². The van der Waals surface area contributed by atoms with Gasteiger partial charge >= 0.3 is 0 Å². The molecular formula is C11H7Br2NO. The predicted molar refractivity (Wildman–Crippen MR) is 66.2 cm³/mol. The van der Waals surface area contributed by atoms with Gasteiger partial charge in [0.25, 0.3) is 0 Å². The molecule has 0 spiro atoms. The lowest BCUT2D eigenvalue weighted by Crippen LogP contribution is -1.87. The normalized spacial score (nSPS) is 10.0. The van der Waals surface area contributed by atoms with Gasteiger partial charge in [-0.1, -0.05) is 22.0 Å². The molecule has 2 rings (SSSR count). The van der Waals surface area contributed by atoms with Gasteiger partial charge in [-0.2, -0.15) is 0 Å². The summed E-state index contributed by atoms with van der Waals surface area (Å²) in [6.07, 6.45) is 1.70. The van der Waals surface area contributed by atoms with Gasteiger partial charge in [0.1, 0.15) is 5.75 Å². The Bertz CT molecular complexity index is 459. The molecule has 0 atom stereocenters. The third kappa shape index (κ3) is 2.79. The van der Waals surface area contributed by atoms with Crippen molar-refractivity contribution in [2.45, 2.75) is 0 Å². The van der Waals surface area contributed by atoms with Gasteiger partial charge < -0.3 is 4.74 Å². The number of ether oxygens (including phenoxy) is 1. The molecule has 0 bridgehead atoms. The Balaban J connectivity index is 2.25. The van der Waals surface area contributed by atoms with Crippen molar-refractivity contribution in [2.24, 2.45) is 0 Å². The Morgan fingerprint density at radius 1 is 1.07 bits per heavy atom. The highest BCUT2D eigenvalue weighted by Gasteiger charge is 2.03. The maximum absolute atomic E-state index is 5.59. The van der Waals surface area contributed by atoms with E-state index in [1.165, 1.54) is 0 Å². The molecule has 1 aromatic heterocycles. The van der Waals surface area contributed by atoms with E-state index in [4.69, 9.17) is 4.74 Å². The Labute approximate surface area is 105 Å². The second-order valence-electron chi connectivity index (χ2n) is 2.84. The van der Waals surface area contributed by atoms with Crippen molar-refractivity contribution in [3.8, 4) is 11.6 Å². The second kappa shape index (κ2) is 4.77. The highest BCUT2D eigenvalue weighted by Crippen LogP contribution is 2.30. The number of benzene rings is 1. The van der Waals surface area contributed by atoms with Crippen LogP contribution in [0.3, 0.4) is 0 Å². The summed E-state index contributed by atoms with van der Waals surface area (Å²) in [7, 11) is 0. The zero-order chi connectivity index (χ0) is 10.7. The highest BCUT2D eigenvalue weighted by atomic mass is 79.9. The van der Waals surface area contributed by atoms with E-state index in [0.717, 1.165) is 14.7 Å². The molecule has 0 saturated heterocycles. The van der Waals surface area contributed by atoms with Gasteiger partial charge in [-0.25, -0.2) is 4.98 Å². The molecule has 0 aliphatic carbocycles. The molecule has 1 heterocycles. The van der Waals surface area contributed by atoms with Gasteiger partial charge in [-0.05, 0) is 40.2 Å². The molecule has 0 unspecified atom stereocenters. The molecule has 0 N–H and O–H groups in total. The first-order valence-corrected chi connectivity index (χ1v) is 5.88. The van der Waals surface area contributed by atoms with Crippen LogP contribution in [0.4, 0.5) is 0 Å². The van der Waals surface area contributed by atoms with Gasteiger partial charge in [-0.15, -0.1) is 0 Å². The third-order valence-electron chi connectivity index (χ3n) is 1.75.